The van der Waals surface area contributed by atoms with Crippen LogP contribution in [-0.4, -0.2) is 0 Å². The summed E-state index contributed by atoms with van der Waals surface area (Å²) in [5.41, 5.74) is 0. The molecule has 0 saturated heterocycles. The molecule has 0 heterocycles. The largest absolute Gasteiger partial charge is 0.0683 e. The summed E-state index contributed by atoms with van der Waals surface area (Å²) in [7, 11) is 0. The third-order valence-corrected chi connectivity index (χ3v) is 1.40. The maximum atomic E-state index is 7.04. The third-order valence-electron chi connectivity index (χ3n) is 1.40. The van der Waals surface area contributed by atoms with Gasteiger partial charge in [0.1, 0.15) is 0 Å². The van der Waals surface area contributed by atoms with Gasteiger partial charge in [0.2, 0.25) is 0 Å². The molecule has 0 bridgehead atoms. The Morgan fingerprint density at radius 3 is 2.00 bits per heavy atom. The smallest absolute Gasteiger partial charge is 0.0233 e. The van der Waals surface area contributed by atoms with Crippen LogP contribution in [0.25, 0.3) is 0 Å². The predicted molar refractivity (Wildman–Crippen MR) is 39.0 cm³/mol. The van der Waals surface area contributed by atoms with E-state index in [1.165, 1.54) is 12.8 Å². The second kappa shape index (κ2) is 5.14. The Balaban J connectivity index is 0.000000371. The molecule has 8 heavy (non-hydrogen) atoms. The molecule has 0 atom stereocenters. The van der Waals surface area contributed by atoms with Gasteiger partial charge in [-0.1, -0.05) is 46.4 Å². The van der Waals surface area contributed by atoms with Crippen molar-refractivity contribution >= 4 is 0 Å². The van der Waals surface area contributed by atoms with Gasteiger partial charge in [-0.3, -0.25) is 0 Å². The number of hydrogen-bond acceptors (Lipinski definition) is 0. The molecule has 0 aromatic rings. The van der Waals surface area contributed by atoms with E-state index in [0.717, 1.165) is 12.8 Å². The Labute approximate surface area is 56.1 Å². The van der Waals surface area contributed by atoms with Crippen LogP contribution in [0.4, 0.5) is 0 Å². The van der Waals surface area contributed by atoms with Crippen molar-refractivity contribution in [1.29, 1.82) is 0 Å². The van der Waals surface area contributed by atoms with Crippen molar-refractivity contribution in [2.24, 2.45) is 5.92 Å². The van der Waals surface area contributed by atoms with Crippen molar-refractivity contribution in [3.05, 3.63) is 0 Å². The van der Waals surface area contributed by atoms with E-state index in [9.17, 15) is 0 Å². The first-order chi connectivity index (χ1) is 4.80. The van der Waals surface area contributed by atoms with Gasteiger partial charge in [-0.15, -0.1) is 0 Å². The first kappa shape index (κ1) is 4.84. The fourth-order valence-electron chi connectivity index (χ4n) is 0.957. The topological polar surface area (TPSA) is 0 Å². The lowest BCUT2D eigenvalue weighted by Gasteiger charge is -1.91. The second-order valence-corrected chi connectivity index (χ2v) is 2.04. The molecule has 0 heteroatoms. The molecule has 1 aliphatic carbocycles. The minimum absolute atomic E-state index is 0.398. The fourth-order valence-corrected chi connectivity index (χ4v) is 0.957. The quantitative estimate of drug-likeness (QED) is 0.456. The highest BCUT2D eigenvalue weighted by molar-refractivity contribution is 4.60. The lowest BCUT2D eigenvalue weighted by atomic mass is 10.2. The summed E-state index contributed by atoms with van der Waals surface area (Å²) in [6, 6.07) is 0. The Bertz CT molecular complexity index is 65.7. The predicted octanol–water partition coefficient (Wildman–Crippen LogP) is 3.22. The van der Waals surface area contributed by atoms with Crippen LogP contribution in [0.15, 0.2) is 0 Å². The molecule has 0 N–H and O–H groups in total. The molecule has 1 rings (SSSR count). The SMILES string of the molecule is CC.[2H]C([2H])C1CCCC1. The zero-order chi connectivity index (χ0) is 7.98. The van der Waals surface area contributed by atoms with E-state index in [2.05, 4.69) is 0 Å². The van der Waals surface area contributed by atoms with E-state index < -0.39 is 6.88 Å². The molecule has 0 amide bonds. The highest BCUT2D eigenvalue weighted by atomic mass is 14.1. The lowest BCUT2D eigenvalue weighted by Crippen LogP contribution is -1.78. The molecule has 1 saturated carbocycles. The summed E-state index contributed by atoms with van der Waals surface area (Å²) in [6.45, 7) is 3.44. The highest BCUT2D eigenvalue weighted by Crippen LogP contribution is 2.22. The summed E-state index contributed by atoms with van der Waals surface area (Å²) in [5, 5.41) is 0. The average molecular weight is 116 g/mol. The Hall–Kier alpha value is 0. The minimum Gasteiger partial charge on any atom is -0.0683 e. The minimum atomic E-state index is -0.558. The van der Waals surface area contributed by atoms with E-state index in [1.54, 1.807) is 0 Å². The molecule has 0 aromatic carbocycles. The lowest BCUT2D eigenvalue weighted by molar-refractivity contribution is 0.612. The maximum Gasteiger partial charge on any atom is 0.0233 e. The van der Waals surface area contributed by atoms with E-state index in [4.69, 9.17) is 2.74 Å². The number of hydrogen-bond donors (Lipinski definition) is 0. The number of rotatable bonds is 0. The van der Waals surface area contributed by atoms with Crippen molar-refractivity contribution in [2.45, 2.75) is 46.4 Å². The summed E-state index contributed by atoms with van der Waals surface area (Å²) in [6.07, 6.45) is 4.74. The molecule has 0 radical (unpaired) electrons. The monoisotopic (exact) mass is 116 g/mol. The van der Waals surface area contributed by atoms with Gasteiger partial charge in [-0.05, 0) is 5.92 Å². The van der Waals surface area contributed by atoms with Gasteiger partial charge in [0.25, 0.3) is 0 Å². The Morgan fingerprint density at radius 1 is 1.25 bits per heavy atom. The zero-order valence-electron chi connectivity index (χ0n) is 7.98. The molecule has 50 valence electrons. The summed E-state index contributed by atoms with van der Waals surface area (Å²) in [5.74, 6) is 0.398. The first-order valence-electron chi connectivity index (χ1n) is 4.80. The van der Waals surface area contributed by atoms with Crippen LogP contribution < -0.4 is 0 Å². The standard InChI is InChI=1S/C6H12.C2H6/c1-6-4-2-3-5-6;1-2/h6H,2-5H2,1H3;1-2H3/i1D2;. The van der Waals surface area contributed by atoms with Gasteiger partial charge in [-0.2, -0.15) is 0 Å². The van der Waals surface area contributed by atoms with Crippen molar-refractivity contribution in [3.63, 3.8) is 0 Å². The second-order valence-electron chi connectivity index (χ2n) is 2.04. The van der Waals surface area contributed by atoms with Crippen molar-refractivity contribution in [2.75, 3.05) is 0 Å². The molecule has 0 aromatic heterocycles. The summed E-state index contributed by atoms with van der Waals surface area (Å²) >= 11 is 0. The fraction of sp³-hybridized carbons (Fsp3) is 1.00. The third kappa shape index (κ3) is 3.06. The van der Waals surface area contributed by atoms with Gasteiger partial charge in [-0.25, -0.2) is 0 Å². The molecule has 0 spiro atoms. The van der Waals surface area contributed by atoms with Gasteiger partial charge >= 0.3 is 0 Å². The van der Waals surface area contributed by atoms with Crippen molar-refractivity contribution < 1.29 is 2.74 Å². The Morgan fingerprint density at radius 2 is 1.75 bits per heavy atom. The molecular formula is C8H18. The van der Waals surface area contributed by atoms with Crippen LogP contribution in [0.3, 0.4) is 0 Å². The van der Waals surface area contributed by atoms with Gasteiger partial charge in [0, 0.05) is 2.74 Å². The average Bonchev–Trinajstić information content (AvgIpc) is 2.42. The van der Waals surface area contributed by atoms with E-state index >= 15 is 0 Å². The molecule has 1 aliphatic rings. The van der Waals surface area contributed by atoms with Crippen LogP contribution in [0, 0.1) is 5.92 Å². The summed E-state index contributed by atoms with van der Waals surface area (Å²) in [4.78, 5) is 0. The van der Waals surface area contributed by atoms with E-state index in [-0.39, 0.29) is 0 Å². The van der Waals surface area contributed by atoms with Crippen LogP contribution in [-0.2, 0) is 0 Å². The molecule has 0 aliphatic heterocycles. The van der Waals surface area contributed by atoms with Crippen LogP contribution >= 0.6 is 0 Å². The normalized spacial score (nSPS) is 23.9. The molecule has 0 nitrogen and oxygen atoms in total. The van der Waals surface area contributed by atoms with Crippen molar-refractivity contribution in [3.8, 4) is 0 Å². The van der Waals surface area contributed by atoms with E-state index in [1.807, 2.05) is 13.8 Å². The van der Waals surface area contributed by atoms with Crippen molar-refractivity contribution in [1.82, 2.24) is 0 Å². The van der Waals surface area contributed by atoms with Gasteiger partial charge in [0.05, 0.1) is 0 Å². The van der Waals surface area contributed by atoms with Crippen LogP contribution in [0.5, 0.6) is 0 Å². The highest BCUT2D eigenvalue weighted by Gasteiger charge is 2.07. The molecule has 1 fully saturated rings. The van der Waals surface area contributed by atoms with E-state index in [0.29, 0.717) is 5.92 Å². The maximum absolute atomic E-state index is 7.04. The summed E-state index contributed by atoms with van der Waals surface area (Å²) < 4.78 is 14.1. The van der Waals surface area contributed by atoms with Gasteiger partial charge in [0.15, 0.2) is 0 Å². The molecule has 0 unspecified atom stereocenters. The first-order valence-corrected chi connectivity index (χ1v) is 3.65. The molecular weight excluding hydrogens is 96.1 g/mol. The van der Waals surface area contributed by atoms with Crippen LogP contribution in [0.2, 0.25) is 0 Å². The Kier molecular flexibility index (Phi) is 3.11. The van der Waals surface area contributed by atoms with Gasteiger partial charge < -0.3 is 0 Å². The zero-order valence-corrected chi connectivity index (χ0v) is 5.98. The van der Waals surface area contributed by atoms with Crippen LogP contribution in [0.1, 0.15) is 49.1 Å².